The van der Waals surface area contributed by atoms with Gasteiger partial charge in [-0.05, 0) is 31.5 Å². The summed E-state index contributed by atoms with van der Waals surface area (Å²) in [6.45, 7) is 4.17. The van der Waals surface area contributed by atoms with E-state index in [1.54, 1.807) is 6.92 Å². The molecule has 0 bridgehead atoms. The molecule has 5 heteroatoms. The number of fused-ring (bicyclic) bond motifs is 1. The lowest BCUT2D eigenvalue weighted by Crippen LogP contribution is -2.34. The third-order valence-corrected chi connectivity index (χ3v) is 2.68. The highest BCUT2D eigenvalue weighted by molar-refractivity contribution is 5.97. The van der Waals surface area contributed by atoms with Gasteiger partial charge in [0.25, 0.3) is 5.91 Å². The molecule has 0 fully saturated rings. The Labute approximate surface area is 106 Å². The Kier molecular flexibility index (Phi) is 3.62. The van der Waals surface area contributed by atoms with E-state index in [4.69, 9.17) is 4.74 Å². The van der Waals surface area contributed by atoms with Gasteiger partial charge in [0.05, 0.1) is 12.2 Å². The predicted molar refractivity (Wildman–Crippen MR) is 67.5 cm³/mol. The smallest absolute Gasteiger partial charge is 0.265 e. The van der Waals surface area contributed by atoms with Crippen LogP contribution in [-0.2, 0) is 16.1 Å². The number of ether oxygens (including phenoxy) is 1. The third-order valence-electron chi connectivity index (χ3n) is 2.68. The molecule has 0 aliphatic carbocycles. The zero-order valence-electron chi connectivity index (χ0n) is 10.4. The molecule has 2 rings (SSSR count). The van der Waals surface area contributed by atoms with Gasteiger partial charge in [-0.3, -0.25) is 9.59 Å². The van der Waals surface area contributed by atoms with Gasteiger partial charge in [0.2, 0.25) is 0 Å². The average molecular weight is 248 g/mol. The Bertz CT molecular complexity index is 485. The standard InChI is InChI=1S/C13H16N2O3/c1-8(16)6-14-7-10-3-4-12-11(5-10)15-13(17)9(2)18-12/h3-5,9,14H,6-7H2,1-2H3,(H,15,17). The van der Waals surface area contributed by atoms with Crippen molar-refractivity contribution in [2.45, 2.75) is 26.5 Å². The lowest BCUT2D eigenvalue weighted by atomic mass is 10.1. The fraction of sp³-hybridized carbons (Fsp3) is 0.385. The van der Waals surface area contributed by atoms with Gasteiger partial charge in [0, 0.05) is 6.54 Å². The summed E-state index contributed by atoms with van der Waals surface area (Å²) in [6.07, 6.45) is -0.459. The number of nitrogens with one attached hydrogen (secondary N) is 2. The highest BCUT2D eigenvalue weighted by Gasteiger charge is 2.23. The van der Waals surface area contributed by atoms with Crippen molar-refractivity contribution in [1.82, 2.24) is 5.32 Å². The maximum Gasteiger partial charge on any atom is 0.265 e. The molecule has 1 unspecified atom stereocenters. The number of ketones is 1. The molecule has 1 aliphatic heterocycles. The van der Waals surface area contributed by atoms with Gasteiger partial charge in [0.15, 0.2) is 6.10 Å². The second-order valence-corrected chi connectivity index (χ2v) is 4.39. The Balaban J connectivity index is 2.05. The molecule has 0 spiro atoms. The third kappa shape index (κ3) is 2.87. The number of anilines is 1. The van der Waals surface area contributed by atoms with Crippen LogP contribution in [0.25, 0.3) is 0 Å². The van der Waals surface area contributed by atoms with Crippen molar-refractivity contribution < 1.29 is 14.3 Å². The minimum Gasteiger partial charge on any atom is -0.479 e. The van der Waals surface area contributed by atoms with Crippen LogP contribution in [0.3, 0.4) is 0 Å². The summed E-state index contributed by atoms with van der Waals surface area (Å²) in [5.41, 5.74) is 1.67. The molecule has 1 heterocycles. The van der Waals surface area contributed by atoms with Crippen molar-refractivity contribution >= 4 is 17.4 Å². The lowest BCUT2D eigenvalue weighted by molar-refractivity contribution is -0.122. The van der Waals surface area contributed by atoms with Gasteiger partial charge < -0.3 is 15.4 Å². The van der Waals surface area contributed by atoms with Crippen molar-refractivity contribution in [3.63, 3.8) is 0 Å². The number of hydrogen-bond donors (Lipinski definition) is 2. The van der Waals surface area contributed by atoms with Crippen LogP contribution >= 0.6 is 0 Å². The van der Waals surface area contributed by atoms with Crippen molar-refractivity contribution in [1.29, 1.82) is 0 Å². The molecule has 1 atom stereocenters. The Morgan fingerprint density at radius 2 is 2.28 bits per heavy atom. The van der Waals surface area contributed by atoms with Gasteiger partial charge in [-0.1, -0.05) is 6.07 Å². The Hall–Kier alpha value is -1.88. The zero-order valence-corrected chi connectivity index (χ0v) is 10.4. The molecule has 2 N–H and O–H groups in total. The van der Waals surface area contributed by atoms with Crippen LogP contribution in [-0.4, -0.2) is 24.3 Å². The Morgan fingerprint density at radius 3 is 3.00 bits per heavy atom. The molecule has 18 heavy (non-hydrogen) atoms. The van der Waals surface area contributed by atoms with E-state index in [1.807, 2.05) is 18.2 Å². The van der Waals surface area contributed by atoms with Gasteiger partial charge >= 0.3 is 0 Å². The van der Waals surface area contributed by atoms with E-state index in [2.05, 4.69) is 10.6 Å². The van der Waals surface area contributed by atoms with E-state index >= 15 is 0 Å². The summed E-state index contributed by atoms with van der Waals surface area (Å²) in [4.78, 5) is 22.3. The normalized spacial score (nSPS) is 17.7. The number of amides is 1. The van der Waals surface area contributed by atoms with Crippen LogP contribution in [0.4, 0.5) is 5.69 Å². The number of rotatable bonds is 4. The van der Waals surface area contributed by atoms with Gasteiger partial charge in [-0.25, -0.2) is 0 Å². The molecule has 96 valence electrons. The summed E-state index contributed by atoms with van der Waals surface area (Å²) >= 11 is 0. The summed E-state index contributed by atoms with van der Waals surface area (Å²) < 4.78 is 5.46. The SMILES string of the molecule is CC(=O)CNCc1ccc2c(c1)NC(=O)C(C)O2. The maximum atomic E-state index is 11.5. The van der Waals surface area contributed by atoms with Gasteiger partial charge in [0.1, 0.15) is 11.5 Å². The molecule has 1 aromatic rings. The van der Waals surface area contributed by atoms with Crippen LogP contribution in [0.5, 0.6) is 5.75 Å². The molecule has 1 amide bonds. The second-order valence-electron chi connectivity index (χ2n) is 4.39. The molecule has 1 aromatic carbocycles. The highest BCUT2D eigenvalue weighted by atomic mass is 16.5. The van der Waals surface area contributed by atoms with E-state index in [1.165, 1.54) is 6.92 Å². The van der Waals surface area contributed by atoms with E-state index in [0.717, 1.165) is 5.56 Å². The fourth-order valence-electron chi connectivity index (χ4n) is 1.75. The van der Waals surface area contributed by atoms with Gasteiger partial charge in [-0.2, -0.15) is 0 Å². The predicted octanol–water partition coefficient (Wildman–Crippen LogP) is 1.08. The number of benzene rings is 1. The molecular weight excluding hydrogens is 232 g/mol. The first-order valence-electron chi connectivity index (χ1n) is 5.87. The molecule has 1 aliphatic rings. The zero-order chi connectivity index (χ0) is 13.1. The first-order valence-corrected chi connectivity index (χ1v) is 5.87. The summed E-state index contributed by atoms with van der Waals surface area (Å²) in [6, 6.07) is 5.60. The van der Waals surface area contributed by atoms with E-state index < -0.39 is 6.10 Å². The van der Waals surface area contributed by atoms with Gasteiger partial charge in [-0.15, -0.1) is 0 Å². The first kappa shape index (κ1) is 12.6. The monoisotopic (exact) mass is 248 g/mol. The topological polar surface area (TPSA) is 67.4 Å². The maximum absolute atomic E-state index is 11.5. The van der Waals surface area contributed by atoms with Crippen molar-refractivity contribution in [2.24, 2.45) is 0 Å². The van der Waals surface area contributed by atoms with Crippen LogP contribution in [0.2, 0.25) is 0 Å². The lowest BCUT2D eigenvalue weighted by Gasteiger charge is -2.23. The minimum atomic E-state index is -0.459. The quantitative estimate of drug-likeness (QED) is 0.837. The largest absolute Gasteiger partial charge is 0.479 e. The van der Waals surface area contributed by atoms with Crippen LogP contribution < -0.4 is 15.4 Å². The number of hydrogen-bond acceptors (Lipinski definition) is 4. The van der Waals surface area contributed by atoms with E-state index in [0.29, 0.717) is 24.5 Å². The molecule has 0 saturated heterocycles. The molecule has 0 radical (unpaired) electrons. The number of Topliss-reactive ketones (excluding diaryl/α,β-unsaturated/α-hetero) is 1. The second kappa shape index (κ2) is 5.18. The minimum absolute atomic E-state index is 0.0958. The fourth-order valence-corrected chi connectivity index (χ4v) is 1.75. The average Bonchev–Trinajstić information content (AvgIpc) is 2.30. The number of carbonyl (C=O) groups excluding carboxylic acids is 2. The van der Waals surface area contributed by atoms with E-state index in [-0.39, 0.29) is 11.7 Å². The Morgan fingerprint density at radius 1 is 1.50 bits per heavy atom. The van der Waals surface area contributed by atoms with Crippen LogP contribution in [0, 0.1) is 0 Å². The molecule has 0 aromatic heterocycles. The molecular formula is C13H16N2O3. The van der Waals surface area contributed by atoms with Crippen LogP contribution in [0.1, 0.15) is 19.4 Å². The van der Waals surface area contributed by atoms with Crippen molar-refractivity contribution in [3.8, 4) is 5.75 Å². The summed E-state index contributed by atoms with van der Waals surface area (Å²) in [7, 11) is 0. The highest BCUT2D eigenvalue weighted by Crippen LogP contribution is 2.30. The number of carbonyl (C=O) groups is 2. The van der Waals surface area contributed by atoms with E-state index in [9.17, 15) is 9.59 Å². The van der Waals surface area contributed by atoms with Crippen LogP contribution in [0.15, 0.2) is 18.2 Å². The molecule has 5 nitrogen and oxygen atoms in total. The molecule has 0 saturated carbocycles. The first-order chi connectivity index (χ1) is 8.56. The summed E-state index contributed by atoms with van der Waals surface area (Å²) in [5.74, 6) is 0.632. The summed E-state index contributed by atoms with van der Waals surface area (Å²) in [5, 5.41) is 5.82. The van der Waals surface area contributed by atoms with Crippen molar-refractivity contribution in [3.05, 3.63) is 23.8 Å². The van der Waals surface area contributed by atoms with Crippen molar-refractivity contribution in [2.75, 3.05) is 11.9 Å².